The third-order valence-corrected chi connectivity index (χ3v) is 6.58. The number of hydrogen-bond donors (Lipinski definition) is 1. The zero-order valence-corrected chi connectivity index (χ0v) is 14.7. The maximum atomic E-state index is 13.8. The van der Waals surface area contributed by atoms with E-state index < -0.39 is 21.9 Å². The van der Waals surface area contributed by atoms with Crippen molar-refractivity contribution in [2.24, 2.45) is 0 Å². The molecule has 4 rings (SSSR count). The second-order valence-corrected chi connectivity index (χ2v) is 7.98. The van der Waals surface area contributed by atoms with Gasteiger partial charge in [-0.3, -0.25) is 4.31 Å². The summed E-state index contributed by atoms with van der Waals surface area (Å²) in [6.07, 6.45) is 0. The van der Waals surface area contributed by atoms with E-state index in [1.165, 1.54) is 28.6 Å². The van der Waals surface area contributed by atoms with Gasteiger partial charge < -0.3 is 5.11 Å². The maximum absolute atomic E-state index is 13.8. The molecule has 1 unspecified atom stereocenters. The van der Waals surface area contributed by atoms with Crippen LogP contribution in [0.3, 0.4) is 0 Å². The molecule has 1 aliphatic heterocycles. The largest absolute Gasteiger partial charge is 0.507 e. The molecule has 132 valence electrons. The first-order chi connectivity index (χ1) is 12.4. The van der Waals surface area contributed by atoms with E-state index >= 15 is 0 Å². The summed E-state index contributed by atoms with van der Waals surface area (Å²) < 4.78 is 41.8. The predicted molar refractivity (Wildman–Crippen MR) is 98.0 cm³/mol. The lowest BCUT2D eigenvalue weighted by atomic mass is 9.90. The van der Waals surface area contributed by atoms with Crippen molar-refractivity contribution in [2.45, 2.75) is 17.9 Å². The molecule has 1 N–H and O–H groups in total. The Kier molecular flexibility index (Phi) is 3.73. The van der Waals surface area contributed by atoms with Gasteiger partial charge in [-0.15, -0.1) is 0 Å². The van der Waals surface area contributed by atoms with Crippen molar-refractivity contribution >= 4 is 15.7 Å². The minimum Gasteiger partial charge on any atom is -0.507 e. The molecule has 0 saturated carbocycles. The molecule has 1 heterocycles. The number of phenolic OH excluding ortho intramolecular Hbond substituents is 1. The van der Waals surface area contributed by atoms with E-state index in [0.29, 0.717) is 16.8 Å². The minimum atomic E-state index is -4.05. The SMILES string of the molecule is CC1c2cc(F)ccc2-c2ccccc2N1S(=O)(=O)c1ccccc1O. The van der Waals surface area contributed by atoms with E-state index in [4.69, 9.17) is 0 Å². The Balaban J connectivity index is 2.00. The average Bonchev–Trinajstić information content (AvgIpc) is 2.62. The van der Waals surface area contributed by atoms with Crippen molar-refractivity contribution < 1.29 is 17.9 Å². The van der Waals surface area contributed by atoms with Crippen LogP contribution in [0.5, 0.6) is 5.75 Å². The molecule has 0 radical (unpaired) electrons. The monoisotopic (exact) mass is 369 g/mol. The summed E-state index contributed by atoms with van der Waals surface area (Å²) in [5.74, 6) is -0.739. The Morgan fingerprint density at radius 1 is 0.962 bits per heavy atom. The number of hydrogen-bond acceptors (Lipinski definition) is 3. The van der Waals surface area contributed by atoms with E-state index in [-0.39, 0.29) is 10.6 Å². The fourth-order valence-electron chi connectivity index (χ4n) is 3.47. The third-order valence-electron chi connectivity index (χ3n) is 4.65. The number of rotatable bonds is 2. The molecule has 0 saturated heterocycles. The van der Waals surface area contributed by atoms with Gasteiger partial charge in [0.05, 0.1) is 11.7 Å². The summed E-state index contributed by atoms with van der Waals surface area (Å²) >= 11 is 0. The number of para-hydroxylation sites is 2. The maximum Gasteiger partial charge on any atom is 0.268 e. The molecular formula is C20H16FNO3S. The van der Waals surface area contributed by atoms with E-state index in [0.717, 1.165) is 5.56 Å². The van der Waals surface area contributed by atoms with Gasteiger partial charge >= 0.3 is 0 Å². The molecule has 1 atom stereocenters. The van der Waals surface area contributed by atoms with Crippen LogP contribution in [0.2, 0.25) is 0 Å². The number of aromatic hydroxyl groups is 1. The lowest BCUT2D eigenvalue weighted by Gasteiger charge is -2.37. The van der Waals surface area contributed by atoms with Crippen molar-refractivity contribution in [1.82, 2.24) is 0 Å². The van der Waals surface area contributed by atoms with Gasteiger partial charge in [-0.1, -0.05) is 36.4 Å². The second kappa shape index (κ2) is 5.85. The van der Waals surface area contributed by atoms with Gasteiger partial charge in [0.2, 0.25) is 0 Å². The number of benzene rings is 3. The molecule has 0 fully saturated rings. The fraction of sp³-hybridized carbons (Fsp3) is 0.100. The third kappa shape index (κ3) is 2.37. The van der Waals surface area contributed by atoms with E-state index in [9.17, 15) is 17.9 Å². The molecule has 3 aromatic rings. The summed E-state index contributed by atoms with van der Waals surface area (Å²) in [5.41, 5.74) is 2.60. The summed E-state index contributed by atoms with van der Waals surface area (Å²) in [6, 6.07) is 16.7. The lowest BCUT2D eigenvalue weighted by Crippen LogP contribution is -2.36. The normalized spacial score (nSPS) is 16.1. The highest BCUT2D eigenvalue weighted by molar-refractivity contribution is 7.93. The number of halogens is 1. The van der Waals surface area contributed by atoms with Crippen LogP contribution in [0.4, 0.5) is 10.1 Å². The van der Waals surface area contributed by atoms with E-state index in [2.05, 4.69) is 0 Å². The molecular weight excluding hydrogens is 353 g/mol. The molecule has 0 spiro atoms. The number of phenols is 1. The predicted octanol–water partition coefficient (Wildman–Crippen LogP) is 4.47. The van der Waals surface area contributed by atoms with Gasteiger partial charge in [0.1, 0.15) is 16.5 Å². The summed E-state index contributed by atoms with van der Waals surface area (Å²) in [6.45, 7) is 1.71. The second-order valence-electron chi connectivity index (χ2n) is 6.19. The fourth-order valence-corrected chi connectivity index (χ4v) is 5.21. The molecule has 0 amide bonds. The Morgan fingerprint density at radius 2 is 1.65 bits per heavy atom. The van der Waals surface area contributed by atoms with Gasteiger partial charge in [0, 0.05) is 5.56 Å². The van der Waals surface area contributed by atoms with Gasteiger partial charge in [-0.2, -0.15) is 0 Å². The molecule has 4 nitrogen and oxygen atoms in total. The molecule has 0 bridgehead atoms. The summed E-state index contributed by atoms with van der Waals surface area (Å²) in [5, 5.41) is 10.1. The van der Waals surface area contributed by atoms with Gasteiger partial charge in [-0.25, -0.2) is 12.8 Å². The zero-order chi connectivity index (χ0) is 18.5. The van der Waals surface area contributed by atoms with Crippen LogP contribution in [0, 0.1) is 5.82 Å². The Labute approximate surface area is 151 Å². The molecule has 6 heteroatoms. The molecule has 0 aromatic heterocycles. The number of fused-ring (bicyclic) bond motifs is 3. The molecule has 0 aliphatic carbocycles. The Morgan fingerprint density at radius 3 is 2.42 bits per heavy atom. The van der Waals surface area contributed by atoms with Crippen molar-refractivity contribution in [1.29, 1.82) is 0 Å². The van der Waals surface area contributed by atoms with Crippen molar-refractivity contribution in [3.63, 3.8) is 0 Å². The quantitative estimate of drug-likeness (QED) is 0.725. The molecule has 1 aliphatic rings. The highest BCUT2D eigenvalue weighted by atomic mass is 32.2. The zero-order valence-electron chi connectivity index (χ0n) is 13.9. The Hall–Kier alpha value is -2.86. The molecule has 3 aromatic carbocycles. The number of sulfonamides is 1. The average molecular weight is 369 g/mol. The number of anilines is 1. The van der Waals surface area contributed by atoms with Crippen LogP contribution in [0.25, 0.3) is 11.1 Å². The first-order valence-electron chi connectivity index (χ1n) is 8.12. The smallest absolute Gasteiger partial charge is 0.268 e. The van der Waals surface area contributed by atoms with Crippen LogP contribution in [0.1, 0.15) is 18.5 Å². The summed E-state index contributed by atoms with van der Waals surface area (Å²) in [4.78, 5) is -0.179. The van der Waals surface area contributed by atoms with Crippen LogP contribution < -0.4 is 4.31 Å². The highest BCUT2D eigenvalue weighted by Gasteiger charge is 2.37. The van der Waals surface area contributed by atoms with Gasteiger partial charge in [0.15, 0.2) is 0 Å². The van der Waals surface area contributed by atoms with Gasteiger partial charge in [-0.05, 0) is 48.4 Å². The van der Waals surface area contributed by atoms with Crippen molar-refractivity contribution in [3.8, 4) is 16.9 Å². The van der Waals surface area contributed by atoms with Crippen molar-refractivity contribution in [3.05, 3.63) is 78.1 Å². The highest BCUT2D eigenvalue weighted by Crippen LogP contribution is 2.47. The standard InChI is InChI=1S/C20H16FNO3S/c1-13-17-12-14(21)10-11-15(17)16-6-2-3-7-18(16)22(13)26(24,25)20-9-5-4-8-19(20)23/h2-13,23H,1H3. The first-order valence-corrected chi connectivity index (χ1v) is 9.56. The Bertz CT molecular complexity index is 1110. The topological polar surface area (TPSA) is 57.6 Å². The van der Waals surface area contributed by atoms with Crippen LogP contribution in [0.15, 0.2) is 71.6 Å². The molecule has 26 heavy (non-hydrogen) atoms. The lowest BCUT2D eigenvalue weighted by molar-refractivity contribution is 0.458. The van der Waals surface area contributed by atoms with E-state index in [1.54, 1.807) is 37.3 Å². The van der Waals surface area contributed by atoms with Crippen LogP contribution in [-0.2, 0) is 10.0 Å². The van der Waals surface area contributed by atoms with Crippen LogP contribution >= 0.6 is 0 Å². The van der Waals surface area contributed by atoms with Crippen LogP contribution in [-0.4, -0.2) is 13.5 Å². The minimum absolute atomic E-state index is 0.179. The van der Waals surface area contributed by atoms with E-state index in [1.807, 2.05) is 12.1 Å². The van der Waals surface area contributed by atoms with Crippen molar-refractivity contribution in [2.75, 3.05) is 4.31 Å². The first kappa shape index (κ1) is 16.6. The van der Waals surface area contributed by atoms with Gasteiger partial charge in [0.25, 0.3) is 10.0 Å². The summed E-state index contributed by atoms with van der Waals surface area (Å²) in [7, 11) is -4.05. The number of nitrogens with zero attached hydrogens (tertiary/aromatic N) is 1.